The van der Waals surface area contributed by atoms with Crippen LogP contribution in [0, 0.1) is 12.8 Å². The summed E-state index contributed by atoms with van der Waals surface area (Å²) in [6, 6.07) is 8.91. The molecule has 1 heterocycles. The molecule has 2 aromatic rings. The maximum Gasteiger partial charge on any atom is 0.410 e. The minimum Gasteiger partial charge on any atom is -0.508 e. The molecule has 0 aliphatic rings. The molecule has 0 aliphatic carbocycles. The van der Waals surface area contributed by atoms with Gasteiger partial charge in [-0.25, -0.2) is 13.2 Å². The summed E-state index contributed by atoms with van der Waals surface area (Å²) in [6.45, 7) is 16.4. The number of hydrogen-bond acceptors (Lipinski definition) is 6. The average Bonchev–Trinajstić information content (AvgIpc) is 2.90. The molecule has 0 aliphatic heterocycles. The molecular formula is C30H48N2O6S. The topological polar surface area (TPSA) is 106 Å². The number of ether oxygens (including phenoxy) is 1. The van der Waals surface area contributed by atoms with Crippen LogP contribution in [0.5, 0.6) is 5.75 Å². The number of benzene rings is 1. The number of aromatic hydroxyl groups is 1. The third kappa shape index (κ3) is 13.4. The maximum absolute atomic E-state index is 12.1. The van der Waals surface area contributed by atoms with Gasteiger partial charge in [-0.05, 0) is 70.4 Å². The molecule has 1 amide bonds. The molecular weight excluding hydrogens is 516 g/mol. The van der Waals surface area contributed by atoms with Crippen LogP contribution in [0.4, 0.5) is 4.79 Å². The zero-order valence-electron chi connectivity index (χ0n) is 25.0. The summed E-state index contributed by atoms with van der Waals surface area (Å²) in [5.41, 5.74) is 0.148. The molecule has 9 heteroatoms. The fourth-order valence-corrected chi connectivity index (χ4v) is 4.14. The summed E-state index contributed by atoms with van der Waals surface area (Å²) in [4.78, 5) is 25.8. The standard InChI is InChI=1S/C14H29NO2.C12H11NO4S.C2H6.C2H2/c1-7-10-13(9-3)15(11(4)5)14(16)17-12(6)8-2;1-18(16,17)11-4-2-9(3-5-11)13-7-6-10(14)8-12(13)15;2*1-2/h11-13H,7-10H2,1-6H3;2-8,14H,1H3;1-2H3;1-2H/t12?,13-;;;/m1.../s1. The molecule has 8 nitrogen and oxygen atoms in total. The van der Waals surface area contributed by atoms with E-state index in [1.807, 2.05) is 32.6 Å². The number of carbonyl (C=O) groups excluding carboxylic acids is 1. The molecule has 0 saturated heterocycles. The largest absolute Gasteiger partial charge is 0.508 e. The lowest BCUT2D eigenvalue weighted by Crippen LogP contribution is -2.45. The van der Waals surface area contributed by atoms with Crippen molar-refractivity contribution in [3.8, 4) is 24.3 Å². The normalized spacial score (nSPS) is 11.8. The van der Waals surface area contributed by atoms with Gasteiger partial charge >= 0.3 is 6.09 Å². The van der Waals surface area contributed by atoms with E-state index in [1.165, 1.54) is 41.1 Å². The summed E-state index contributed by atoms with van der Waals surface area (Å²) in [7, 11) is -3.25. The number of aromatic nitrogens is 1. The number of nitrogens with zero attached hydrogens (tertiary/aromatic N) is 2. The molecule has 2 atom stereocenters. The van der Waals surface area contributed by atoms with E-state index in [2.05, 4.69) is 40.5 Å². The van der Waals surface area contributed by atoms with Gasteiger partial charge in [-0.2, -0.15) is 0 Å². The number of pyridine rings is 1. The van der Waals surface area contributed by atoms with Gasteiger partial charge in [0.2, 0.25) is 0 Å². The van der Waals surface area contributed by atoms with Crippen molar-refractivity contribution < 1.29 is 23.1 Å². The van der Waals surface area contributed by atoms with Gasteiger partial charge in [0, 0.05) is 36.3 Å². The minimum atomic E-state index is -3.25. The number of rotatable bonds is 9. The van der Waals surface area contributed by atoms with Crippen LogP contribution in [-0.4, -0.2) is 53.5 Å². The first-order valence-electron chi connectivity index (χ1n) is 13.4. The lowest BCUT2D eigenvalue weighted by Gasteiger charge is -2.34. The molecule has 0 saturated carbocycles. The lowest BCUT2D eigenvalue weighted by atomic mass is 10.1. The van der Waals surface area contributed by atoms with Crippen LogP contribution < -0.4 is 5.56 Å². The second kappa shape index (κ2) is 19.8. The Labute approximate surface area is 235 Å². The first kappa shape index (κ1) is 37.9. The molecule has 1 N–H and O–H groups in total. The van der Waals surface area contributed by atoms with Gasteiger partial charge in [0.25, 0.3) is 5.56 Å². The van der Waals surface area contributed by atoms with Crippen LogP contribution in [-0.2, 0) is 14.6 Å². The Balaban J connectivity index is 0. The molecule has 1 aromatic heterocycles. The zero-order chi connectivity index (χ0) is 30.8. The Kier molecular flexibility index (Phi) is 19.2. The second-order valence-electron chi connectivity index (χ2n) is 8.81. The van der Waals surface area contributed by atoms with E-state index < -0.39 is 9.84 Å². The van der Waals surface area contributed by atoms with E-state index in [-0.39, 0.29) is 34.4 Å². The van der Waals surface area contributed by atoms with Gasteiger partial charge in [-0.1, -0.05) is 41.0 Å². The SMILES string of the molecule is C#C.CC.CCC[C@@H](CC)N(C(=O)OC(C)CC)C(C)C.CS(=O)(=O)c1ccc(-n2ccc(O)cc2=O)cc1. The second-order valence-corrected chi connectivity index (χ2v) is 10.8. The molecule has 2 rings (SSSR count). The third-order valence-electron chi connectivity index (χ3n) is 5.58. The summed E-state index contributed by atoms with van der Waals surface area (Å²) in [6.07, 6.45) is 14.4. The van der Waals surface area contributed by atoms with Gasteiger partial charge in [0.1, 0.15) is 11.9 Å². The molecule has 1 aromatic carbocycles. The number of amides is 1. The number of terminal acetylenes is 1. The van der Waals surface area contributed by atoms with Gasteiger partial charge in [-0.3, -0.25) is 9.36 Å². The van der Waals surface area contributed by atoms with Crippen molar-refractivity contribution in [1.29, 1.82) is 0 Å². The molecule has 0 fully saturated rings. The monoisotopic (exact) mass is 564 g/mol. The zero-order valence-corrected chi connectivity index (χ0v) is 25.9. The quantitative estimate of drug-likeness (QED) is 0.352. The van der Waals surface area contributed by atoms with Crippen LogP contribution in [0.1, 0.15) is 81.1 Å². The van der Waals surface area contributed by atoms with Crippen LogP contribution in [0.25, 0.3) is 5.69 Å². The van der Waals surface area contributed by atoms with E-state index in [4.69, 9.17) is 9.84 Å². The summed E-state index contributed by atoms with van der Waals surface area (Å²) in [5.74, 6) is -0.107. The van der Waals surface area contributed by atoms with Gasteiger partial charge in [0.05, 0.1) is 4.90 Å². The van der Waals surface area contributed by atoms with E-state index in [0.717, 1.165) is 38.0 Å². The summed E-state index contributed by atoms with van der Waals surface area (Å²) < 4.78 is 29.3. The molecule has 220 valence electrons. The molecule has 0 radical (unpaired) electrons. The van der Waals surface area contributed by atoms with Crippen molar-refractivity contribution in [1.82, 2.24) is 9.47 Å². The highest BCUT2D eigenvalue weighted by Crippen LogP contribution is 2.17. The maximum atomic E-state index is 12.1. The predicted octanol–water partition coefficient (Wildman–Crippen LogP) is 6.43. The Morgan fingerprint density at radius 3 is 1.95 bits per heavy atom. The highest BCUT2D eigenvalue weighted by molar-refractivity contribution is 7.90. The van der Waals surface area contributed by atoms with Crippen molar-refractivity contribution in [2.45, 2.75) is 104 Å². The van der Waals surface area contributed by atoms with Crippen LogP contribution in [0.2, 0.25) is 0 Å². The van der Waals surface area contributed by atoms with Crippen LogP contribution in [0.3, 0.4) is 0 Å². The number of hydrogen-bond donors (Lipinski definition) is 1. The van der Waals surface area contributed by atoms with E-state index in [9.17, 15) is 18.0 Å². The van der Waals surface area contributed by atoms with Gasteiger partial charge in [-0.15, -0.1) is 12.8 Å². The third-order valence-corrected chi connectivity index (χ3v) is 6.71. The van der Waals surface area contributed by atoms with E-state index in [1.54, 1.807) is 0 Å². The molecule has 0 spiro atoms. The van der Waals surface area contributed by atoms with Crippen LogP contribution in [0.15, 0.2) is 52.3 Å². The number of carbonyl (C=O) groups is 1. The first-order chi connectivity index (χ1) is 18.3. The average molecular weight is 565 g/mol. The van der Waals surface area contributed by atoms with E-state index >= 15 is 0 Å². The lowest BCUT2D eigenvalue weighted by molar-refractivity contribution is 0.0426. The molecule has 0 bridgehead atoms. The van der Waals surface area contributed by atoms with Gasteiger partial charge in [0.15, 0.2) is 9.84 Å². The fourth-order valence-electron chi connectivity index (χ4n) is 3.51. The Morgan fingerprint density at radius 1 is 1.03 bits per heavy atom. The molecule has 39 heavy (non-hydrogen) atoms. The smallest absolute Gasteiger partial charge is 0.410 e. The Bertz CT molecular complexity index is 1140. The minimum absolute atomic E-state index is 0.00267. The number of sulfone groups is 1. The predicted molar refractivity (Wildman–Crippen MR) is 160 cm³/mol. The fraction of sp³-hybridized carbons (Fsp3) is 0.533. The van der Waals surface area contributed by atoms with Gasteiger partial charge < -0.3 is 14.7 Å². The Morgan fingerprint density at radius 2 is 1.56 bits per heavy atom. The van der Waals surface area contributed by atoms with Crippen molar-refractivity contribution in [2.75, 3.05) is 6.26 Å². The Hall–Kier alpha value is -3.25. The van der Waals surface area contributed by atoms with Crippen molar-refractivity contribution in [3.63, 3.8) is 0 Å². The summed E-state index contributed by atoms with van der Waals surface area (Å²) >= 11 is 0. The van der Waals surface area contributed by atoms with Crippen molar-refractivity contribution in [3.05, 3.63) is 52.9 Å². The highest BCUT2D eigenvalue weighted by atomic mass is 32.2. The van der Waals surface area contributed by atoms with Crippen molar-refractivity contribution in [2.24, 2.45) is 0 Å². The molecule has 1 unspecified atom stereocenters. The highest BCUT2D eigenvalue weighted by Gasteiger charge is 2.26. The summed E-state index contributed by atoms with van der Waals surface area (Å²) in [5, 5.41) is 9.14. The van der Waals surface area contributed by atoms with Crippen molar-refractivity contribution >= 4 is 15.9 Å². The van der Waals surface area contributed by atoms with E-state index in [0.29, 0.717) is 11.7 Å². The van der Waals surface area contributed by atoms with Crippen LogP contribution >= 0.6 is 0 Å². The first-order valence-corrected chi connectivity index (χ1v) is 15.3.